The second-order valence-electron chi connectivity index (χ2n) is 5.57. The van der Waals surface area contributed by atoms with Gasteiger partial charge in [-0.3, -0.25) is 9.58 Å². The van der Waals surface area contributed by atoms with E-state index in [2.05, 4.69) is 20.0 Å². The Hall–Kier alpha value is -1.24. The van der Waals surface area contributed by atoms with Gasteiger partial charge in [-0.2, -0.15) is 5.10 Å². The summed E-state index contributed by atoms with van der Waals surface area (Å²) in [6, 6.07) is 0.584. The van der Waals surface area contributed by atoms with Crippen molar-refractivity contribution in [2.24, 2.45) is 7.05 Å². The maximum Gasteiger partial charge on any atom is 0.162 e. The average Bonchev–Trinajstić information content (AvgIpc) is 2.76. The Kier molecular flexibility index (Phi) is 4.37. The number of aromatic nitrogens is 4. The van der Waals surface area contributed by atoms with Crippen molar-refractivity contribution in [3.63, 3.8) is 0 Å². The minimum absolute atomic E-state index is 0.214. The molecule has 0 unspecified atom stereocenters. The lowest BCUT2D eigenvalue weighted by molar-refractivity contribution is 0.106. The minimum Gasteiger partial charge on any atom is -0.396 e. The van der Waals surface area contributed by atoms with E-state index in [1.165, 1.54) is 19.3 Å². The summed E-state index contributed by atoms with van der Waals surface area (Å²) >= 11 is 6.23. The number of aliphatic hydroxyl groups is 1. The van der Waals surface area contributed by atoms with Crippen molar-refractivity contribution < 1.29 is 5.11 Å². The molecule has 0 atom stereocenters. The lowest BCUT2D eigenvalue weighted by Gasteiger charge is -2.37. The highest BCUT2D eigenvalue weighted by molar-refractivity contribution is 6.33. The van der Waals surface area contributed by atoms with E-state index in [1.54, 1.807) is 10.9 Å². The van der Waals surface area contributed by atoms with Gasteiger partial charge in [-0.25, -0.2) is 9.97 Å². The molecule has 0 saturated heterocycles. The zero-order valence-electron chi connectivity index (χ0n) is 12.2. The summed E-state index contributed by atoms with van der Waals surface area (Å²) in [5.41, 5.74) is 0.765. The molecular weight excluding hydrogens is 290 g/mol. The monoisotopic (exact) mass is 309 g/mol. The lowest BCUT2D eigenvalue weighted by Crippen LogP contribution is -2.40. The summed E-state index contributed by atoms with van der Waals surface area (Å²) in [5, 5.41) is 14.5. The molecular formula is C14H20ClN5O. The molecule has 2 aromatic rings. The van der Waals surface area contributed by atoms with Crippen LogP contribution in [0.2, 0.25) is 5.15 Å². The number of aryl methyl sites for hydroxylation is 1. The maximum atomic E-state index is 9.06. The predicted molar refractivity (Wildman–Crippen MR) is 81.1 cm³/mol. The van der Waals surface area contributed by atoms with Gasteiger partial charge >= 0.3 is 0 Å². The number of halogens is 1. The molecule has 0 spiro atoms. The summed E-state index contributed by atoms with van der Waals surface area (Å²) in [7, 11) is 1.85. The fraction of sp³-hybridized carbons (Fsp3) is 0.643. The van der Waals surface area contributed by atoms with Gasteiger partial charge in [0, 0.05) is 26.2 Å². The van der Waals surface area contributed by atoms with Crippen molar-refractivity contribution in [1.82, 2.24) is 24.6 Å². The van der Waals surface area contributed by atoms with E-state index in [0.29, 0.717) is 17.7 Å². The van der Waals surface area contributed by atoms with Crippen LogP contribution in [0, 0.1) is 0 Å². The van der Waals surface area contributed by atoms with Crippen LogP contribution in [0.5, 0.6) is 0 Å². The zero-order chi connectivity index (χ0) is 14.8. The van der Waals surface area contributed by atoms with Crippen LogP contribution in [-0.2, 0) is 13.6 Å². The third kappa shape index (κ3) is 3.02. The molecule has 114 valence electrons. The van der Waals surface area contributed by atoms with E-state index in [9.17, 15) is 0 Å². The van der Waals surface area contributed by atoms with Gasteiger partial charge < -0.3 is 5.11 Å². The molecule has 1 aliphatic carbocycles. The van der Waals surface area contributed by atoms with Gasteiger partial charge in [0.1, 0.15) is 11.0 Å². The van der Waals surface area contributed by atoms with E-state index >= 15 is 0 Å². The number of hydrogen-bond donors (Lipinski definition) is 1. The first-order chi connectivity index (χ1) is 10.2. The normalized spacial score (nSPS) is 15.8. The molecule has 2 heterocycles. The maximum absolute atomic E-state index is 9.06. The van der Waals surface area contributed by atoms with Crippen LogP contribution >= 0.6 is 11.6 Å². The molecule has 0 aliphatic heterocycles. The van der Waals surface area contributed by atoms with E-state index < -0.39 is 0 Å². The Morgan fingerprint density at radius 2 is 2.24 bits per heavy atom. The minimum atomic E-state index is 0.214. The molecule has 0 bridgehead atoms. The van der Waals surface area contributed by atoms with E-state index in [4.69, 9.17) is 16.7 Å². The number of rotatable bonds is 6. The molecule has 1 saturated carbocycles. The first-order valence-electron chi connectivity index (χ1n) is 7.38. The summed E-state index contributed by atoms with van der Waals surface area (Å²) in [6.07, 6.45) is 6.18. The van der Waals surface area contributed by atoms with Gasteiger partial charge in [0.05, 0.1) is 18.1 Å². The van der Waals surface area contributed by atoms with Crippen molar-refractivity contribution >= 4 is 22.6 Å². The van der Waals surface area contributed by atoms with Gasteiger partial charge in [0.2, 0.25) is 0 Å². The number of nitrogens with zero attached hydrogens (tertiary/aromatic N) is 5. The van der Waals surface area contributed by atoms with Gasteiger partial charge in [-0.1, -0.05) is 18.0 Å². The highest BCUT2D eigenvalue weighted by Gasteiger charge is 2.25. The predicted octanol–water partition coefficient (Wildman–Crippen LogP) is 1.75. The Balaban J connectivity index is 1.82. The molecule has 3 rings (SSSR count). The SMILES string of the molecule is Cn1ncc2c(Cl)nc(CN(CCCO)C3CCC3)nc21. The average molecular weight is 310 g/mol. The molecule has 0 amide bonds. The number of fused-ring (bicyclic) bond motifs is 1. The van der Waals surface area contributed by atoms with Gasteiger partial charge in [0.25, 0.3) is 0 Å². The van der Waals surface area contributed by atoms with Gasteiger partial charge in [-0.15, -0.1) is 0 Å². The quantitative estimate of drug-likeness (QED) is 0.824. The van der Waals surface area contributed by atoms with Crippen molar-refractivity contribution in [2.45, 2.75) is 38.3 Å². The lowest BCUT2D eigenvalue weighted by atomic mass is 9.91. The molecule has 0 radical (unpaired) electrons. The summed E-state index contributed by atoms with van der Waals surface area (Å²) in [5.74, 6) is 0.723. The van der Waals surface area contributed by atoms with Crippen LogP contribution in [0.1, 0.15) is 31.5 Å². The second kappa shape index (κ2) is 6.25. The van der Waals surface area contributed by atoms with Crippen molar-refractivity contribution in [3.8, 4) is 0 Å². The third-order valence-electron chi connectivity index (χ3n) is 4.13. The highest BCUT2D eigenvalue weighted by atomic mass is 35.5. The number of aliphatic hydroxyl groups excluding tert-OH is 1. The Bertz CT molecular complexity index is 625. The van der Waals surface area contributed by atoms with Crippen LogP contribution in [0.3, 0.4) is 0 Å². The first kappa shape index (κ1) is 14.7. The Labute approximate surface area is 128 Å². The molecule has 0 aromatic carbocycles. The molecule has 1 N–H and O–H groups in total. The van der Waals surface area contributed by atoms with Crippen LogP contribution in [0.15, 0.2) is 6.20 Å². The van der Waals surface area contributed by atoms with E-state index in [1.807, 2.05) is 7.05 Å². The largest absolute Gasteiger partial charge is 0.396 e. The fourth-order valence-electron chi connectivity index (χ4n) is 2.70. The van der Waals surface area contributed by atoms with Crippen LogP contribution in [0.25, 0.3) is 11.0 Å². The molecule has 1 aliphatic rings. The topological polar surface area (TPSA) is 67.1 Å². The molecule has 1 fully saturated rings. The van der Waals surface area contributed by atoms with Crippen LogP contribution in [0.4, 0.5) is 0 Å². The van der Waals surface area contributed by atoms with Gasteiger partial charge in [-0.05, 0) is 19.3 Å². The smallest absolute Gasteiger partial charge is 0.162 e. The third-order valence-corrected chi connectivity index (χ3v) is 4.42. The van der Waals surface area contributed by atoms with Crippen molar-refractivity contribution in [1.29, 1.82) is 0 Å². The Morgan fingerprint density at radius 3 is 2.90 bits per heavy atom. The van der Waals surface area contributed by atoms with Crippen molar-refractivity contribution in [2.75, 3.05) is 13.2 Å². The zero-order valence-corrected chi connectivity index (χ0v) is 12.9. The standard InChI is InChI=1S/C14H20ClN5O/c1-19-14-11(8-16-19)13(15)17-12(18-14)9-20(6-3-7-21)10-4-2-5-10/h8,10,21H,2-7,9H2,1H3. The molecule has 6 nitrogen and oxygen atoms in total. The Morgan fingerprint density at radius 1 is 1.43 bits per heavy atom. The summed E-state index contributed by atoms with van der Waals surface area (Å²) in [6.45, 7) is 1.75. The molecule has 7 heteroatoms. The number of hydrogen-bond acceptors (Lipinski definition) is 5. The van der Waals surface area contributed by atoms with Crippen molar-refractivity contribution in [3.05, 3.63) is 17.2 Å². The fourth-order valence-corrected chi connectivity index (χ4v) is 2.93. The van der Waals surface area contributed by atoms with Crippen LogP contribution < -0.4 is 0 Å². The summed E-state index contributed by atoms with van der Waals surface area (Å²) in [4.78, 5) is 11.3. The molecule has 2 aromatic heterocycles. The highest BCUT2D eigenvalue weighted by Crippen LogP contribution is 2.27. The first-order valence-corrected chi connectivity index (χ1v) is 7.76. The second-order valence-corrected chi connectivity index (χ2v) is 5.93. The van der Waals surface area contributed by atoms with E-state index in [-0.39, 0.29) is 6.61 Å². The molecule has 21 heavy (non-hydrogen) atoms. The van der Waals surface area contributed by atoms with Crippen LogP contribution in [-0.4, -0.2) is 48.9 Å². The summed E-state index contributed by atoms with van der Waals surface area (Å²) < 4.78 is 1.72. The van der Waals surface area contributed by atoms with E-state index in [0.717, 1.165) is 29.8 Å². The van der Waals surface area contributed by atoms with Gasteiger partial charge in [0.15, 0.2) is 5.65 Å².